The first-order chi connectivity index (χ1) is 9.18. The minimum Gasteiger partial charge on any atom is -0.452 e. The zero-order valence-corrected chi connectivity index (χ0v) is 10.6. The van der Waals surface area contributed by atoms with Gasteiger partial charge >= 0.3 is 6.09 Å². The molecule has 1 aromatic carbocycles. The Labute approximate surface area is 110 Å². The molecule has 2 aliphatic carbocycles. The van der Waals surface area contributed by atoms with Crippen molar-refractivity contribution in [3.8, 4) is 0 Å². The Morgan fingerprint density at radius 2 is 2.21 bits per heavy atom. The quantitative estimate of drug-likeness (QED) is 0.713. The smallest absolute Gasteiger partial charge is 0.413 e. The van der Waals surface area contributed by atoms with Crippen LogP contribution >= 0.6 is 0 Å². The molecule has 1 saturated heterocycles. The molecular weight excluding hydrogens is 242 g/mol. The molecule has 2 atom stereocenters. The molecule has 4 heteroatoms. The van der Waals surface area contributed by atoms with Crippen LogP contribution < -0.4 is 0 Å². The van der Waals surface area contributed by atoms with Crippen LogP contribution in [0.4, 0.5) is 4.79 Å². The van der Waals surface area contributed by atoms with Gasteiger partial charge in [-0.1, -0.05) is 24.3 Å². The summed E-state index contributed by atoms with van der Waals surface area (Å²) in [6.45, 7) is 0.653. The van der Waals surface area contributed by atoms with Crippen molar-refractivity contribution < 1.29 is 14.3 Å². The van der Waals surface area contributed by atoms with Gasteiger partial charge in [0.05, 0.1) is 7.11 Å². The number of allylic oxidation sites excluding steroid dienone is 2. The second-order valence-corrected chi connectivity index (χ2v) is 5.39. The Morgan fingerprint density at radius 1 is 1.42 bits per heavy atom. The summed E-state index contributed by atoms with van der Waals surface area (Å²) in [5, 5.41) is 0. The lowest BCUT2D eigenvalue weighted by atomic mass is 9.81. The van der Waals surface area contributed by atoms with Crippen LogP contribution in [0, 0.1) is 5.92 Å². The van der Waals surface area contributed by atoms with Gasteiger partial charge in [-0.15, -0.1) is 0 Å². The molecule has 0 N–H and O–H groups in total. The van der Waals surface area contributed by atoms with Gasteiger partial charge in [0.1, 0.15) is 0 Å². The van der Waals surface area contributed by atoms with Crippen LogP contribution in [-0.2, 0) is 10.2 Å². The summed E-state index contributed by atoms with van der Waals surface area (Å²) in [4.78, 5) is 25.6. The fourth-order valence-electron chi connectivity index (χ4n) is 3.67. The number of rotatable bonds is 0. The molecule has 0 bridgehead atoms. The topological polar surface area (TPSA) is 46.6 Å². The normalized spacial score (nSPS) is 30.2. The Kier molecular flexibility index (Phi) is 1.85. The fraction of sp³-hybridized carbons (Fsp3) is 0.333. The number of amides is 1. The van der Waals surface area contributed by atoms with Gasteiger partial charge in [0.2, 0.25) is 0 Å². The SMILES string of the molecule is COC(=O)N1CC2C[C@@]23C1=CC(=O)c1ccccc13. The summed E-state index contributed by atoms with van der Waals surface area (Å²) in [6, 6.07) is 7.73. The molecule has 1 aliphatic heterocycles. The number of carbonyl (C=O) groups excluding carboxylic acids is 2. The van der Waals surface area contributed by atoms with E-state index in [1.165, 1.54) is 7.11 Å². The van der Waals surface area contributed by atoms with E-state index in [1.807, 2.05) is 24.3 Å². The Balaban J connectivity index is 1.89. The van der Waals surface area contributed by atoms with E-state index < -0.39 is 0 Å². The summed E-state index contributed by atoms with van der Waals surface area (Å²) in [6.07, 6.45) is 2.27. The van der Waals surface area contributed by atoms with E-state index in [0.717, 1.165) is 23.2 Å². The minimum atomic E-state index is -0.370. The molecule has 1 spiro atoms. The summed E-state index contributed by atoms with van der Waals surface area (Å²) in [7, 11) is 1.37. The molecule has 4 nitrogen and oxygen atoms in total. The van der Waals surface area contributed by atoms with Gasteiger partial charge in [-0.3, -0.25) is 9.69 Å². The number of ether oxygens (including phenoxy) is 1. The molecule has 19 heavy (non-hydrogen) atoms. The molecule has 3 aliphatic rings. The zero-order chi connectivity index (χ0) is 13.2. The number of nitrogens with zero attached hydrogens (tertiary/aromatic N) is 1. The third-order valence-electron chi connectivity index (χ3n) is 4.59. The molecule has 0 aromatic heterocycles. The average Bonchev–Trinajstić information content (AvgIpc) is 3.07. The van der Waals surface area contributed by atoms with Crippen LogP contribution in [0.15, 0.2) is 36.0 Å². The van der Waals surface area contributed by atoms with Crippen molar-refractivity contribution >= 4 is 11.9 Å². The van der Waals surface area contributed by atoms with E-state index in [0.29, 0.717) is 12.5 Å². The molecule has 1 saturated carbocycles. The number of methoxy groups -OCH3 is 1. The van der Waals surface area contributed by atoms with Gasteiger partial charge in [-0.25, -0.2) is 4.79 Å². The maximum Gasteiger partial charge on any atom is 0.413 e. The zero-order valence-electron chi connectivity index (χ0n) is 10.6. The largest absolute Gasteiger partial charge is 0.452 e. The molecule has 1 aromatic rings. The first-order valence-electron chi connectivity index (χ1n) is 6.40. The third kappa shape index (κ3) is 1.14. The van der Waals surface area contributed by atoms with Gasteiger partial charge in [0.15, 0.2) is 5.78 Å². The number of fused-ring (bicyclic) bond motifs is 1. The van der Waals surface area contributed by atoms with Crippen LogP contribution in [0.2, 0.25) is 0 Å². The van der Waals surface area contributed by atoms with Gasteiger partial charge < -0.3 is 4.74 Å². The lowest BCUT2D eigenvalue weighted by Crippen LogP contribution is -2.33. The highest BCUT2D eigenvalue weighted by molar-refractivity contribution is 6.09. The number of carbonyl (C=O) groups is 2. The number of likely N-dealkylation sites (tertiary alicyclic amines) is 1. The first kappa shape index (κ1) is 10.8. The molecule has 4 rings (SSSR count). The summed E-state index contributed by atoms with van der Waals surface area (Å²) >= 11 is 0. The second-order valence-electron chi connectivity index (χ2n) is 5.39. The standard InChI is InChI=1S/C15H13NO3/c1-19-14(18)16-8-9-7-15(9)11-5-3-2-4-10(11)12(17)6-13(15)16/h2-6,9H,7-8H2,1H3/t9?,15-/m1/s1. The van der Waals surface area contributed by atoms with Crippen LogP contribution in [0.3, 0.4) is 0 Å². The lowest BCUT2D eigenvalue weighted by Gasteiger charge is -2.28. The van der Waals surface area contributed by atoms with E-state index in [9.17, 15) is 9.59 Å². The average molecular weight is 255 g/mol. The maximum atomic E-state index is 12.2. The predicted octanol–water partition coefficient (Wildman–Crippen LogP) is 2.11. The van der Waals surface area contributed by atoms with Crippen molar-refractivity contribution in [2.45, 2.75) is 11.8 Å². The van der Waals surface area contributed by atoms with Gasteiger partial charge in [0, 0.05) is 29.3 Å². The molecule has 1 unspecified atom stereocenters. The predicted molar refractivity (Wildman–Crippen MR) is 67.8 cm³/mol. The van der Waals surface area contributed by atoms with Crippen molar-refractivity contribution in [2.75, 3.05) is 13.7 Å². The van der Waals surface area contributed by atoms with Gasteiger partial charge in [0.25, 0.3) is 0 Å². The molecule has 1 amide bonds. The Morgan fingerprint density at radius 3 is 3.00 bits per heavy atom. The van der Waals surface area contributed by atoms with Crippen molar-refractivity contribution in [3.63, 3.8) is 0 Å². The molecule has 1 heterocycles. The van der Waals surface area contributed by atoms with Gasteiger partial charge in [-0.2, -0.15) is 0 Å². The first-order valence-corrected chi connectivity index (χ1v) is 6.40. The molecule has 0 radical (unpaired) electrons. The summed E-state index contributed by atoms with van der Waals surface area (Å²) in [5.41, 5.74) is 2.57. The van der Waals surface area contributed by atoms with Crippen molar-refractivity contribution in [3.05, 3.63) is 47.2 Å². The number of benzene rings is 1. The summed E-state index contributed by atoms with van der Waals surface area (Å²) < 4.78 is 4.81. The van der Waals surface area contributed by atoms with Crippen molar-refractivity contribution in [2.24, 2.45) is 5.92 Å². The summed E-state index contributed by atoms with van der Waals surface area (Å²) in [5.74, 6) is 0.407. The Hall–Kier alpha value is -2.10. The van der Waals surface area contributed by atoms with Crippen LogP contribution in [0.1, 0.15) is 22.3 Å². The fourth-order valence-corrected chi connectivity index (χ4v) is 3.67. The number of hydrogen-bond donors (Lipinski definition) is 0. The highest BCUT2D eigenvalue weighted by atomic mass is 16.5. The van der Waals surface area contributed by atoms with Crippen molar-refractivity contribution in [1.82, 2.24) is 4.90 Å². The Bertz CT molecular complexity index is 649. The second kappa shape index (κ2) is 3.26. The van der Waals surface area contributed by atoms with E-state index in [-0.39, 0.29) is 17.3 Å². The molecular formula is C15H13NO3. The number of hydrogen-bond acceptors (Lipinski definition) is 3. The van der Waals surface area contributed by atoms with Crippen LogP contribution in [-0.4, -0.2) is 30.4 Å². The maximum absolute atomic E-state index is 12.2. The highest BCUT2D eigenvalue weighted by Crippen LogP contribution is 2.66. The number of piperidine rings is 1. The number of ketones is 1. The van der Waals surface area contributed by atoms with E-state index in [2.05, 4.69) is 0 Å². The minimum absolute atomic E-state index is 0.0160. The molecule has 96 valence electrons. The van der Waals surface area contributed by atoms with E-state index in [1.54, 1.807) is 11.0 Å². The highest BCUT2D eigenvalue weighted by Gasteiger charge is 2.67. The van der Waals surface area contributed by atoms with Gasteiger partial charge in [-0.05, 0) is 17.9 Å². The van der Waals surface area contributed by atoms with Crippen molar-refractivity contribution in [1.29, 1.82) is 0 Å². The van der Waals surface area contributed by atoms with E-state index >= 15 is 0 Å². The lowest BCUT2D eigenvalue weighted by molar-refractivity contribution is 0.103. The monoisotopic (exact) mass is 255 g/mol. The van der Waals surface area contributed by atoms with Crippen LogP contribution in [0.25, 0.3) is 0 Å². The third-order valence-corrected chi connectivity index (χ3v) is 4.59. The van der Waals surface area contributed by atoms with Crippen LogP contribution in [0.5, 0.6) is 0 Å². The molecule has 2 fully saturated rings. The van der Waals surface area contributed by atoms with E-state index in [4.69, 9.17) is 4.74 Å².